The summed E-state index contributed by atoms with van der Waals surface area (Å²) in [6, 6.07) is 7.38. The molecule has 0 unspecified atom stereocenters. The van der Waals surface area contributed by atoms with Crippen molar-refractivity contribution >= 4 is 23.1 Å². The number of nitrogens with zero attached hydrogens (tertiary/aromatic N) is 4. The van der Waals surface area contributed by atoms with Crippen molar-refractivity contribution in [1.29, 1.82) is 5.26 Å². The Hall–Kier alpha value is -4.57. The molecule has 0 aromatic carbocycles. The van der Waals surface area contributed by atoms with Crippen LogP contribution < -0.4 is 21.1 Å². The van der Waals surface area contributed by atoms with Crippen LogP contribution in [0.4, 0.5) is 5.82 Å². The monoisotopic (exact) mass is 403 g/mol. The van der Waals surface area contributed by atoms with Gasteiger partial charge in [-0.3, -0.25) is 9.59 Å². The van der Waals surface area contributed by atoms with Gasteiger partial charge in [0.1, 0.15) is 17.6 Å². The Labute approximate surface area is 171 Å². The second-order valence-electron chi connectivity index (χ2n) is 6.07. The molecule has 150 valence electrons. The summed E-state index contributed by atoms with van der Waals surface area (Å²) in [6.07, 6.45) is 9.62. The van der Waals surface area contributed by atoms with Crippen LogP contribution in [0.15, 0.2) is 36.8 Å². The van der Waals surface area contributed by atoms with Gasteiger partial charge in [0.15, 0.2) is 6.61 Å². The highest BCUT2D eigenvalue weighted by atomic mass is 16.5. The zero-order chi connectivity index (χ0) is 21.5. The molecule has 0 radical (unpaired) electrons. The number of anilines is 1. The second-order valence-corrected chi connectivity index (χ2v) is 6.07. The first-order valence-corrected chi connectivity index (χ1v) is 8.79. The van der Waals surface area contributed by atoms with Gasteiger partial charge >= 0.3 is 0 Å². The number of carbonyl (C=O) groups excluding carboxylic acids is 2. The van der Waals surface area contributed by atoms with E-state index in [1.807, 2.05) is 12.0 Å². The Morgan fingerprint density at radius 1 is 1.30 bits per heavy atom. The van der Waals surface area contributed by atoms with E-state index in [1.165, 1.54) is 10.7 Å². The lowest BCUT2D eigenvalue weighted by Gasteiger charge is -2.11. The third kappa shape index (κ3) is 4.64. The van der Waals surface area contributed by atoms with Gasteiger partial charge in [0, 0.05) is 30.4 Å². The first kappa shape index (κ1) is 20.2. The van der Waals surface area contributed by atoms with Crippen LogP contribution in [0.1, 0.15) is 5.56 Å². The number of fused-ring (bicyclic) bond motifs is 1. The van der Waals surface area contributed by atoms with E-state index in [-0.39, 0.29) is 6.61 Å². The number of rotatable bonds is 8. The summed E-state index contributed by atoms with van der Waals surface area (Å²) in [5.41, 5.74) is 7.49. The fourth-order valence-electron chi connectivity index (χ4n) is 2.71. The number of aromatic nitrogens is 3. The van der Waals surface area contributed by atoms with Crippen molar-refractivity contribution in [2.75, 3.05) is 25.0 Å². The van der Waals surface area contributed by atoms with Crippen LogP contribution >= 0.6 is 0 Å². The lowest BCUT2D eigenvalue weighted by Crippen LogP contribution is -2.27. The van der Waals surface area contributed by atoms with E-state index in [2.05, 4.69) is 26.8 Å². The lowest BCUT2D eigenvalue weighted by molar-refractivity contribution is -0.120. The summed E-state index contributed by atoms with van der Waals surface area (Å²) in [7, 11) is 0. The summed E-state index contributed by atoms with van der Waals surface area (Å²) in [6.45, 7) is 0.518. The highest BCUT2D eigenvalue weighted by molar-refractivity contribution is 5.92. The fourth-order valence-corrected chi connectivity index (χ4v) is 2.71. The van der Waals surface area contributed by atoms with Gasteiger partial charge in [-0.1, -0.05) is 0 Å². The SMILES string of the molecule is C#CC(=O)NCCNc1ccc(-c2cc(OCC(N)=O)cn3ncc(C#N)c23)cn1. The lowest BCUT2D eigenvalue weighted by atomic mass is 10.1. The minimum absolute atomic E-state index is 0.283. The highest BCUT2D eigenvalue weighted by Crippen LogP contribution is 2.30. The van der Waals surface area contributed by atoms with E-state index in [0.29, 0.717) is 46.9 Å². The van der Waals surface area contributed by atoms with E-state index in [9.17, 15) is 14.9 Å². The van der Waals surface area contributed by atoms with Crippen molar-refractivity contribution in [3.8, 4) is 35.3 Å². The Morgan fingerprint density at radius 2 is 2.13 bits per heavy atom. The van der Waals surface area contributed by atoms with E-state index >= 15 is 0 Å². The number of nitrogens with two attached hydrogens (primary N) is 1. The molecule has 0 aliphatic carbocycles. The molecule has 4 N–H and O–H groups in total. The van der Waals surface area contributed by atoms with Crippen LogP contribution in [0.2, 0.25) is 0 Å². The second kappa shape index (κ2) is 9.08. The predicted octanol–water partition coefficient (Wildman–Crippen LogP) is 0.293. The molecule has 0 saturated carbocycles. The van der Waals surface area contributed by atoms with Gasteiger partial charge in [0.2, 0.25) is 0 Å². The minimum atomic E-state index is -0.606. The molecule has 0 fully saturated rings. The Morgan fingerprint density at radius 3 is 2.80 bits per heavy atom. The maximum Gasteiger partial charge on any atom is 0.295 e. The average Bonchev–Trinajstić information content (AvgIpc) is 3.18. The number of primary amides is 1. The van der Waals surface area contributed by atoms with Gasteiger partial charge in [0.05, 0.1) is 23.5 Å². The first-order valence-electron chi connectivity index (χ1n) is 8.79. The largest absolute Gasteiger partial charge is 0.482 e. The standard InChI is InChI=1S/C20H17N7O3/c1-2-19(29)24-6-5-23-18-4-3-13(9-25-18)16-7-15(30-12-17(22)28)11-27-20(16)14(8-21)10-26-27/h1,3-4,7,9-11H,5-6,12H2,(H2,22,28)(H,23,25)(H,24,29). The third-order valence-corrected chi connectivity index (χ3v) is 4.01. The summed E-state index contributed by atoms with van der Waals surface area (Å²) in [5, 5.41) is 19.2. The van der Waals surface area contributed by atoms with Crippen LogP contribution in [0, 0.1) is 23.7 Å². The smallest absolute Gasteiger partial charge is 0.295 e. The Kier molecular flexibility index (Phi) is 6.11. The predicted molar refractivity (Wildman–Crippen MR) is 108 cm³/mol. The molecule has 0 bridgehead atoms. The first-order chi connectivity index (χ1) is 14.5. The molecule has 30 heavy (non-hydrogen) atoms. The summed E-state index contributed by atoms with van der Waals surface area (Å²) in [4.78, 5) is 26.4. The molecule has 3 rings (SSSR count). The molecule has 3 aromatic heterocycles. The molecular weight excluding hydrogens is 386 g/mol. The summed E-state index contributed by atoms with van der Waals surface area (Å²) < 4.78 is 6.90. The number of carbonyl (C=O) groups is 2. The number of ether oxygens (including phenoxy) is 1. The molecule has 0 spiro atoms. The summed E-state index contributed by atoms with van der Waals surface area (Å²) in [5.74, 6) is 1.86. The molecule has 3 heterocycles. The highest BCUT2D eigenvalue weighted by Gasteiger charge is 2.14. The van der Waals surface area contributed by atoms with Crippen LogP contribution in [0.3, 0.4) is 0 Å². The minimum Gasteiger partial charge on any atom is -0.482 e. The number of nitriles is 1. The topological polar surface area (TPSA) is 147 Å². The average molecular weight is 403 g/mol. The number of pyridine rings is 2. The van der Waals surface area contributed by atoms with Crippen molar-refractivity contribution in [3.05, 3.63) is 42.4 Å². The van der Waals surface area contributed by atoms with Gasteiger partial charge < -0.3 is 21.1 Å². The van der Waals surface area contributed by atoms with Gasteiger partial charge in [-0.05, 0) is 24.1 Å². The van der Waals surface area contributed by atoms with Crippen LogP contribution in [-0.4, -0.2) is 46.1 Å². The molecular formula is C20H17N7O3. The van der Waals surface area contributed by atoms with Crippen LogP contribution in [0.25, 0.3) is 16.6 Å². The van der Waals surface area contributed by atoms with Gasteiger partial charge in [-0.25, -0.2) is 9.50 Å². The van der Waals surface area contributed by atoms with Crippen molar-refractivity contribution in [2.45, 2.75) is 0 Å². The van der Waals surface area contributed by atoms with Crippen LogP contribution in [-0.2, 0) is 9.59 Å². The number of terminal acetylenes is 1. The Balaban J connectivity index is 1.84. The van der Waals surface area contributed by atoms with Crippen molar-refractivity contribution in [1.82, 2.24) is 19.9 Å². The number of amides is 2. The summed E-state index contributed by atoms with van der Waals surface area (Å²) >= 11 is 0. The van der Waals surface area contributed by atoms with Crippen LogP contribution in [0.5, 0.6) is 5.75 Å². The normalized spacial score (nSPS) is 10.1. The maximum absolute atomic E-state index is 11.0. The van der Waals surface area contributed by atoms with Crippen molar-refractivity contribution in [2.24, 2.45) is 5.73 Å². The molecule has 0 aliphatic heterocycles. The van der Waals surface area contributed by atoms with E-state index in [0.717, 1.165) is 0 Å². The van der Waals surface area contributed by atoms with Crippen molar-refractivity contribution in [3.63, 3.8) is 0 Å². The number of hydrogen-bond donors (Lipinski definition) is 3. The van der Waals surface area contributed by atoms with Crippen molar-refractivity contribution < 1.29 is 14.3 Å². The fraction of sp³-hybridized carbons (Fsp3) is 0.150. The molecule has 0 saturated heterocycles. The molecule has 0 aliphatic rings. The molecule has 2 amide bonds. The van der Waals surface area contributed by atoms with E-state index in [1.54, 1.807) is 24.5 Å². The van der Waals surface area contributed by atoms with Gasteiger partial charge in [-0.15, -0.1) is 6.42 Å². The molecule has 10 heteroatoms. The Bertz CT molecular complexity index is 1170. The van der Waals surface area contributed by atoms with E-state index < -0.39 is 11.8 Å². The number of hydrogen-bond acceptors (Lipinski definition) is 7. The van der Waals surface area contributed by atoms with E-state index in [4.69, 9.17) is 16.9 Å². The third-order valence-electron chi connectivity index (χ3n) is 4.01. The zero-order valence-electron chi connectivity index (χ0n) is 15.8. The molecule has 3 aromatic rings. The number of nitrogens with one attached hydrogen (secondary N) is 2. The zero-order valence-corrected chi connectivity index (χ0v) is 15.8. The maximum atomic E-state index is 11.0. The molecule has 0 atom stereocenters. The molecule has 10 nitrogen and oxygen atoms in total. The quantitative estimate of drug-likeness (QED) is 0.362. The van der Waals surface area contributed by atoms with Gasteiger partial charge in [0.25, 0.3) is 11.8 Å². The van der Waals surface area contributed by atoms with Gasteiger partial charge in [-0.2, -0.15) is 10.4 Å².